The molecule has 29 heavy (non-hydrogen) atoms. The van der Waals surface area contributed by atoms with Crippen LogP contribution in [0.4, 0.5) is 0 Å². The van der Waals surface area contributed by atoms with E-state index in [0.717, 1.165) is 31.6 Å². The molecule has 154 valence electrons. The van der Waals surface area contributed by atoms with Crippen LogP contribution in [0, 0.1) is 13.8 Å². The molecular formula is C21H26N4O4. The SMILES string of the molecule is Cc1nn(C)c(C)c1/C(O)=C1\C(=O)C(=O)N(CCN2CCCC2)C1c1ccco1. The number of hydrogen-bond donors (Lipinski definition) is 1. The van der Waals surface area contributed by atoms with Crippen LogP contribution in [0.3, 0.4) is 0 Å². The van der Waals surface area contributed by atoms with E-state index in [4.69, 9.17) is 4.42 Å². The molecule has 2 saturated heterocycles. The molecule has 4 heterocycles. The largest absolute Gasteiger partial charge is 0.507 e. The lowest BCUT2D eigenvalue weighted by atomic mass is 9.98. The number of nitrogens with zero attached hydrogens (tertiary/aromatic N) is 4. The molecule has 2 aliphatic heterocycles. The molecule has 8 nitrogen and oxygen atoms in total. The number of furan rings is 1. The molecule has 1 amide bonds. The molecular weight excluding hydrogens is 372 g/mol. The Morgan fingerprint density at radius 3 is 2.55 bits per heavy atom. The average Bonchev–Trinajstić information content (AvgIpc) is 3.45. The summed E-state index contributed by atoms with van der Waals surface area (Å²) in [6.07, 6.45) is 3.82. The van der Waals surface area contributed by atoms with Crippen LogP contribution in [0.2, 0.25) is 0 Å². The summed E-state index contributed by atoms with van der Waals surface area (Å²) in [4.78, 5) is 29.7. The standard InChI is InChI=1S/C21H26N4O4/c1-13-16(14(2)23(3)22-13)19(26)17-18(15-7-6-12-29-15)25(21(28)20(17)27)11-10-24-8-4-5-9-24/h6-7,12,18,26H,4-5,8-11H2,1-3H3/b19-17+. The number of aliphatic hydroxyl groups is 1. The summed E-state index contributed by atoms with van der Waals surface area (Å²) in [5, 5.41) is 15.4. The molecule has 2 fully saturated rings. The quantitative estimate of drug-likeness (QED) is 0.471. The summed E-state index contributed by atoms with van der Waals surface area (Å²) in [6, 6.07) is 2.71. The van der Waals surface area contributed by atoms with Gasteiger partial charge in [-0.25, -0.2) is 0 Å². The van der Waals surface area contributed by atoms with Crippen molar-refractivity contribution in [3.05, 3.63) is 46.7 Å². The van der Waals surface area contributed by atoms with E-state index in [2.05, 4.69) is 10.00 Å². The molecule has 0 saturated carbocycles. The Morgan fingerprint density at radius 1 is 1.24 bits per heavy atom. The Balaban J connectivity index is 1.77. The molecule has 4 rings (SSSR count). The van der Waals surface area contributed by atoms with Crippen molar-refractivity contribution in [3.8, 4) is 0 Å². The highest BCUT2D eigenvalue weighted by atomic mass is 16.3. The lowest BCUT2D eigenvalue weighted by molar-refractivity contribution is -0.140. The van der Waals surface area contributed by atoms with Crippen LogP contribution in [0.25, 0.3) is 5.76 Å². The number of Topliss-reactive ketones (excluding diaryl/α,β-unsaturated/α-hetero) is 1. The molecule has 2 aromatic rings. The number of ketones is 1. The lowest BCUT2D eigenvalue weighted by Gasteiger charge is -2.25. The van der Waals surface area contributed by atoms with Crippen LogP contribution in [-0.4, -0.2) is 62.6 Å². The molecule has 2 aromatic heterocycles. The first-order valence-electron chi connectivity index (χ1n) is 9.95. The predicted octanol–water partition coefficient (Wildman–Crippen LogP) is 2.15. The molecule has 0 radical (unpaired) electrons. The molecule has 8 heteroatoms. The number of likely N-dealkylation sites (tertiary alicyclic amines) is 2. The third-order valence-electron chi connectivity index (χ3n) is 5.95. The number of aromatic nitrogens is 2. The number of hydrogen-bond acceptors (Lipinski definition) is 6. The van der Waals surface area contributed by atoms with E-state index in [0.29, 0.717) is 30.1 Å². The number of aryl methyl sites for hydroxylation is 2. The van der Waals surface area contributed by atoms with E-state index in [9.17, 15) is 14.7 Å². The lowest BCUT2D eigenvalue weighted by Crippen LogP contribution is -2.37. The maximum atomic E-state index is 13.0. The van der Waals surface area contributed by atoms with Gasteiger partial charge in [-0.3, -0.25) is 14.3 Å². The zero-order valence-electron chi connectivity index (χ0n) is 17.0. The number of aliphatic hydroxyl groups excluding tert-OH is 1. The van der Waals surface area contributed by atoms with Crippen LogP contribution >= 0.6 is 0 Å². The minimum atomic E-state index is -0.744. The van der Waals surface area contributed by atoms with Gasteiger partial charge in [0.05, 0.1) is 23.1 Å². The fraction of sp³-hybridized carbons (Fsp3) is 0.476. The number of amides is 1. The Kier molecular flexibility index (Phi) is 5.04. The van der Waals surface area contributed by atoms with Crippen molar-refractivity contribution in [1.29, 1.82) is 0 Å². The molecule has 0 spiro atoms. The second kappa shape index (κ2) is 7.51. The molecule has 0 aliphatic carbocycles. The van der Waals surface area contributed by atoms with Gasteiger partial charge in [0.1, 0.15) is 17.6 Å². The number of carbonyl (C=O) groups excluding carboxylic acids is 2. The Labute approximate surface area is 169 Å². The van der Waals surface area contributed by atoms with E-state index in [1.54, 1.807) is 30.8 Å². The smallest absolute Gasteiger partial charge is 0.295 e. The highest BCUT2D eigenvalue weighted by molar-refractivity contribution is 6.46. The maximum absolute atomic E-state index is 13.0. The first-order chi connectivity index (χ1) is 13.9. The molecule has 1 atom stereocenters. The van der Waals surface area contributed by atoms with Crippen molar-refractivity contribution in [1.82, 2.24) is 19.6 Å². The summed E-state index contributed by atoms with van der Waals surface area (Å²) in [5.74, 6) is -1.03. The average molecular weight is 398 g/mol. The summed E-state index contributed by atoms with van der Waals surface area (Å²) >= 11 is 0. The van der Waals surface area contributed by atoms with Crippen LogP contribution in [0.5, 0.6) is 0 Å². The van der Waals surface area contributed by atoms with E-state index in [-0.39, 0.29) is 11.3 Å². The van der Waals surface area contributed by atoms with Gasteiger partial charge >= 0.3 is 0 Å². The molecule has 2 aliphatic rings. The Morgan fingerprint density at radius 2 is 1.97 bits per heavy atom. The third kappa shape index (κ3) is 3.27. The van der Waals surface area contributed by atoms with Gasteiger partial charge in [-0.2, -0.15) is 5.10 Å². The minimum absolute atomic E-state index is 0.0607. The minimum Gasteiger partial charge on any atom is -0.507 e. The van der Waals surface area contributed by atoms with Crippen molar-refractivity contribution in [3.63, 3.8) is 0 Å². The normalized spacial score (nSPS) is 22.2. The zero-order valence-corrected chi connectivity index (χ0v) is 17.0. The molecule has 0 aromatic carbocycles. The second-order valence-electron chi connectivity index (χ2n) is 7.73. The van der Waals surface area contributed by atoms with Crippen LogP contribution < -0.4 is 0 Å². The van der Waals surface area contributed by atoms with Crippen LogP contribution in [-0.2, 0) is 16.6 Å². The van der Waals surface area contributed by atoms with Crippen molar-refractivity contribution >= 4 is 17.4 Å². The number of carbonyl (C=O) groups is 2. The van der Waals surface area contributed by atoms with Gasteiger partial charge in [0, 0.05) is 25.8 Å². The Bertz CT molecular complexity index is 967. The van der Waals surface area contributed by atoms with Gasteiger partial charge in [0.25, 0.3) is 11.7 Å². The highest BCUT2D eigenvalue weighted by Gasteiger charge is 2.47. The fourth-order valence-corrected chi connectivity index (χ4v) is 4.36. The van der Waals surface area contributed by atoms with Gasteiger partial charge in [-0.15, -0.1) is 0 Å². The van der Waals surface area contributed by atoms with Gasteiger partial charge in [-0.1, -0.05) is 0 Å². The topological polar surface area (TPSA) is 91.8 Å². The van der Waals surface area contributed by atoms with Crippen molar-refractivity contribution in [2.24, 2.45) is 7.05 Å². The van der Waals surface area contributed by atoms with Gasteiger partial charge < -0.3 is 19.3 Å². The summed E-state index contributed by atoms with van der Waals surface area (Å²) < 4.78 is 7.22. The monoisotopic (exact) mass is 398 g/mol. The summed E-state index contributed by atoms with van der Waals surface area (Å²) in [7, 11) is 1.78. The fourth-order valence-electron chi connectivity index (χ4n) is 4.36. The zero-order chi connectivity index (χ0) is 20.7. The maximum Gasteiger partial charge on any atom is 0.295 e. The van der Waals surface area contributed by atoms with E-state index in [1.807, 2.05) is 6.92 Å². The third-order valence-corrected chi connectivity index (χ3v) is 5.95. The van der Waals surface area contributed by atoms with Gasteiger partial charge in [0.2, 0.25) is 0 Å². The first kappa shape index (κ1) is 19.4. The molecule has 1 unspecified atom stereocenters. The highest BCUT2D eigenvalue weighted by Crippen LogP contribution is 2.40. The first-order valence-corrected chi connectivity index (χ1v) is 9.95. The summed E-state index contributed by atoms with van der Waals surface area (Å²) in [6.45, 7) is 6.69. The van der Waals surface area contributed by atoms with Crippen molar-refractivity contribution in [2.45, 2.75) is 32.7 Å². The van der Waals surface area contributed by atoms with Crippen molar-refractivity contribution in [2.75, 3.05) is 26.2 Å². The van der Waals surface area contributed by atoms with Gasteiger partial charge in [-0.05, 0) is 51.9 Å². The van der Waals surface area contributed by atoms with Crippen LogP contribution in [0.15, 0.2) is 28.4 Å². The van der Waals surface area contributed by atoms with Crippen LogP contribution in [0.1, 0.15) is 41.6 Å². The molecule has 1 N–H and O–H groups in total. The van der Waals surface area contributed by atoms with E-state index in [1.165, 1.54) is 11.2 Å². The van der Waals surface area contributed by atoms with E-state index >= 15 is 0 Å². The number of rotatable bonds is 5. The summed E-state index contributed by atoms with van der Waals surface area (Å²) in [5.41, 5.74) is 1.87. The predicted molar refractivity (Wildman–Crippen MR) is 106 cm³/mol. The van der Waals surface area contributed by atoms with Crippen molar-refractivity contribution < 1.29 is 19.1 Å². The van der Waals surface area contributed by atoms with E-state index < -0.39 is 17.7 Å². The Hall–Kier alpha value is -2.87. The van der Waals surface area contributed by atoms with Gasteiger partial charge in [0.15, 0.2) is 0 Å². The second-order valence-corrected chi connectivity index (χ2v) is 7.73. The molecule has 0 bridgehead atoms.